The van der Waals surface area contributed by atoms with Gasteiger partial charge in [0.25, 0.3) is 0 Å². The third-order valence-corrected chi connectivity index (χ3v) is 3.73. The lowest BCUT2D eigenvalue weighted by Crippen LogP contribution is -2.20. The van der Waals surface area contributed by atoms with Crippen LogP contribution in [0.15, 0.2) is 0 Å². The lowest BCUT2D eigenvalue weighted by Gasteiger charge is -2.27. The van der Waals surface area contributed by atoms with E-state index in [0.717, 1.165) is 19.3 Å². The van der Waals surface area contributed by atoms with Crippen molar-refractivity contribution in [2.24, 2.45) is 11.3 Å². The number of nitrogens with zero attached hydrogens (tertiary/aromatic N) is 1. The molecule has 0 saturated heterocycles. The first kappa shape index (κ1) is 11.6. The van der Waals surface area contributed by atoms with Crippen LogP contribution in [0.25, 0.3) is 0 Å². The van der Waals surface area contributed by atoms with Crippen molar-refractivity contribution in [1.29, 1.82) is 5.26 Å². The zero-order chi connectivity index (χ0) is 10.4. The smallest absolute Gasteiger partial charge is 0.0689 e. The highest BCUT2D eigenvalue weighted by molar-refractivity contribution is 5.00. The molecule has 0 spiro atoms. The SMILES string of the molecule is CCC(C)CC1(C#N)CCCCCC1. The fraction of sp³-hybridized carbons (Fsp3) is 0.923. The molecule has 0 aromatic carbocycles. The third kappa shape index (κ3) is 3.01. The Labute approximate surface area is 88.5 Å². The monoisotopic (exact) mass is 193 g/mol. The van der Waals surface area contributed by atoms with Crippen molar-refractivity contribution in [2.75, 3.05) is 0 Å². The van der Waals surface area contributed by atoms with Crippen molar-refractivity contribution in [3.63, 3.8) is 0 Å². The lowest BCUT2D eigenvalue weighted by atomic mass is 9.74. The topological polar surface area (TPSA) is 23.8 Å². The van der Waals surface area contributed by atoms with E-state index in [0.29, 0.717) is 5.92 Å². The van der Waals surface area contributed by atoms with Crippen molar-refractivity contribution < 1.29 is 0 Å². The minimum Gasteiger partial charge on any atom is -0.198 e. The molecule has 1 fully saturated rings. The van der Waals surface area contributed by atoms with Crippen molar-refractivity contribution in [1.82, 2.24) is 0 Å². The molecule has 1 nitrogen and oxygen atoms in total. The van der Waals surface area contributed by atoms with E-state index in [4.69, 9.17) is 0 Å². The molecule has 0 N–H and O–H groups in total. The average molecular weight is 193 g/mol. The Hall–Kier alpha value is -0.510. The van der Waals surface area contributed by atoms with Gasteiger partial charge in [0, 0.05) is 0 Å². The van der Waals surface area contributed by atoms with Crippen LogP contribution in [0.3, 0.4) is 0 Å². The van der Waals surface area contributed by atoms with E-state index >= 15 is 0 Å². The Morgan fingerprint density at radius 3 is 2.21 bits per heavy atom. The Bertz CT molecular complexity index is 194. The van der Waals surface area contributed by atoms with Gasteiger partial charge in [-0.2, -0.15) is 5.26 Å². The van der Waals surface area contributed by atoms with Gasteiger partial charge in [-0.3, -0.25) is 0 Å². The molecule has 1 aliphatic carbocycles. The second kappa shape index (κ2) is 5.39. The van der Waals surface area contributed by atoms with Crippen LogP contribution in [0, 0.1) is 22.7 Å². The summed E-state index contributed by atoms with van der Waals surface area (Å²) in [6.45, 7) is 4.51. The standard InChI is InChI=1S/C13H23N/c1-3-12(2)10-13(11-14)8-6-4-5-7-9-13/h12H,3-10H2,1-2H3. The van der Waals surface area contributed by atoms with E-state index in [1.54, 1.807) is 0 Å². The molecule has 1 heteroatoms. The first-order valence-corrected chi connectivity index (χ1v) is 6.14. The second-order valence-corrected chi connectivity index (χ2v) is 5.02. The van der Waals surface area contributed by atoms with Gasteiger partial charge in [0.1, 0.15) is 0 Å². The molecular formula is C13H23N. The largest absolute Gasteiger partial charge is 0.198 e. The quantitative estimate of drug-likeness (QED) is 0.613. The van der Waals surface area contributed by atoms with Crippen molar-refractivity contribution >= 4 is 0 Å². The van der Waals surface area contributed by atoms with Crippen LogP contribution in [-0.4, -0.2) is 0 Å². The van der Waals surface area contributed by atoms with Gasteiger partial charge in [0.2, 0.25) is 0 Å². The van der Waals surface area contributed by atoms with E-state index in [-0.39, 0.29) is 5.41 Å². The first-order valence-electron chi connectivity index (χ1n) is 6.14. The van der Waals surface area contributed by atoms with Crippen LogP contribution in [0.1, 0.15) is 65.2 Å². The van der Waals surface area contributed by atoms with E-state index < -0.39 is 0 Å². The van der Waals surface area contributed by atoms with Gasteiger partial charge in [-0.1, -0.05) is 46.0 Å². The molecule has 1 rings (SSSR count). The van der Waals surface area contributed by atoms with Gasteiger partial charge in [-0.05, 0) is 25.2 Å². The van der Waals surface area contributed by atoms with Gasteiger partial charge < -0.3 is 0 Å². The summed E-state index contributed by atoms with van der Waals surface area (Å²) in [4.78, 5) is 0. The Kier molecular flexibility index (Phi) is 4.45. The maximum absolute atomic E-state index is 9.36. The molecule has 0 aliphatic heterocycles. The molecule has 1 aliphatic rings. The predicted molar refractivity (Wildman–Crippen MR) is 59.8 cm³/mol. The van der Waals surface area contributed by atoms with Crippen LogP contribution >= 0.6 is 0 Å². The minimum atomic E-state index is 0.0337. The summed E-state index contributed by atoms with van der Waals surface area (Å²) in [5, 5.41) is 9.36. The fourth-order valence-corrected chi connectivity index (χ4v) is 2.58. The van der Waals surface area contributed by atoms with Crippen molar-refractivity contribution in [3.05, 3.63) is 0 Å². The molecule has 14 heavy (non-hydrogen) atoms. The number of hydrogen-bond acceptors (Lipinski definition) is 1. The minimum absolute atomic E-state index is 0.0337. The summed E-state index contributed by atoms with van der Waals surface area (Å²) in [5.41, 5.74) is 0.0337. The van der Waals surface area contributed by atoms with Crippen molar-refractivity contribution in [3.8, 4) is 6.07 Å². The van der Waals surface area contributed by atoms with Crippen LogP contribution in [-0.2, 0) is 0 Å². The third-order valence-electron chi connectivity index (χ3n) is 3.73. The second-order valence-electron chi connectivity index (χ2n) is 5.02. The summed E-state index contributed by atoms with van der Waals surface area (Å²) >= 11 is 0. The highest BCUT2D eigenvalue weighted by atomic mass is 14.4. The average Bonchev–Trinajstić information content (AvgIpc) is 2.44. The molecule has 0 heterocycles. The highest BCUT2D eigenvalue weighted by Crippen LogP contribution is 2.40. The van der Waals surface area contributed by atoms with Gasteiger partial charge in [0.15, 0.2) is 0 Å². The first-order chi connectivity index (χ1) is 6.72. The Balaban J connectivity index is 2.59. The van der Waals surface area contributed by atoms with E-state index in [1.165, 1.54) is 32.1 Å². The van der Waals surface area contributed by atoms with Crippen LogP contribution < -0.4 is 0 Å². The zero-order valence-electron chi connectivity index (χ0n) is 9.68. The van der Waals surface area contributed by atoms with Crippen molar-refractivity contribution in [2.45, 2.75) is 65.2 Å². The van der Waals surface area contributed by atoms with Crippen LogP contribution in [0.4, 0.5) is 0 Å². The molecule has 0 bridgehead atoms. The Morgan fingerprint density at radius 2 is 1.79 bits per heavy atom. The zero-order valence-corrected chi connectivity index (χ0v) is 9.68. The van der Waals surface area contributed by atoms with Crippen LogP contribution in [0.2, 0.25) is 0 Å². The summed E-state index contributed by atoms with van der Waals surface area (Å²) < 4.78 is 0. The van der Waals surface area contributed by atoms with E-state index in [2.05, 4.69) is 19.9 Å². The molecule has 0 aromatic rings. The van der Waals surface area contributed by atoms with Gasteiger partial charge in [-0.15, -0.1) is 0 Å². The normalized spacial score (nSPS) is 23.5. The summed E-state index contributed by atoms with van der Waals surface area (Å²) in [6, 6.07) is 2.62. The molecule has 0 radical (unpaired) electrons. The molecule has 0 amide bonds. The summed E-state index contributed by atoms with van der Waals surface area (Å²) in [5.74, 6) is 0.716. The maximum atomic E-state index is 9.36. The van der Waals surface area contributed by atoms with Gasteiger partial charge in [0.05, 0.1) is 11.5 Å². The number of nitriles is 1. The highest BCUT2D eigenvalue weighted by Gasteiger charge is 2.31. The summed E-state index contributed by atoms with van der Waals surface area (Å²) in [7, 11) is 0. The fourth-order valence-electron chi connectivity index (χ4n) is 2.58. The van der Waals surface area contributed by atoms with Gasteiger partial charge in [-0.25, -0.2) is 0 Å². The molecule has 80 valence electrons. The van der Waals surface area contributed by atoms with Gasteiger partial charge >= 0.3 is 0 Å². The van der Waals surface area contributed by atoms with Crippen LogP contribution in [0.5, 0.6) is 0 Å². The predicted octanol–water partition coefficient (Wildman–Crippen LogP) is 4.29. The number of hydrogen-bond donors (Lipinski definition) is 0. The molecule has 1 atom stereocenters. The Morgan fingerprint density at radius 1 is 1.21 bits per heavy atom. The lowest BCUT2D eigenvalue weighted by molar-refractivity contribution is 0.261. The molecule has 1 unspecified atom stereocenters. The number of rotatable bonds is 3. The maximum Gasteiger partial charge on any atom is 0.0689 e. The molecular weight excluding hydrogens is 170 g/mol. The molecule has 1 saturated carbocycles. The summed E-state index contributed by atoms with van der Waals surface area (Å²) in [6.07, 6.45) is 9.84. The molecule has 0 aromatic heterocycles. The van der Waals surface area contributed by atoms with E-state index in [1.807, 2.05) is 0 Å². The van der Waals surface area contributed by atoms with E-state index in [9.17, 15) is 5.26 Å².